The van der Waals surface area contributed by atoms with Gasteiger partial charge in [0.1, 0.15) is 0 Å². The molecule has 5 rings (SSSR count). The Hall–Kier alpha value is -4.12. The molecule has 5 nitrogen and oxygen atoms in total. The second-order valence-electron chi connectivity index (χ2n) is 8.15. The van der Waals surface area contributed by atoms with E-state index in [2.05, 4.69) is 63.9 Å². The SMILES string of the molecule is COC(=O)c1cc(-c2cccnc2)ccc1NC1=CCC2C(=C1)C=CN2Cc1ccccc1. The third-order valence-corrected chi connectivity index (χ3v) is 6.03. The summed E-state index contributed by atoms with van der Waals surface area (Å²) in [4.78, 5) is 19.1. The minimum absolute atomic E-state index is 0.337. The fourth-order valence-electron chi connectivity index (χ4n) is 4.33. The van der Waals surface area contributed by atoms with Gasteiger partial charge in [-0.3, -0.25) is 4.98 Å². The van der Waals surface area contributed by atoms with Crippen LogP contribution in [-0.2, 0) is 11.3 Å². The number of ether oxygens (including phenoxy) is 1. The highest BCUT2D eigenvalue weighted by molar-refractivity contribution is 5.97. The maximum atomic E-state index is 12.5. The Morgan fingerprint density at radius 2 is 2.00 bits per heavy atom. The monoisotopic (exact) mass is 435 g/mol. The summed E-state index contributed by atoms with van der Waals surface area (Å²) in [6.07, 6.45) is 13.1. The number of allylic oxidation sites excluding steroid dienone is 1. The van der Waals surface area contributed by atoms with Crippen molar-refractivity contribution in [2.45, 2.75) is 19.0 Å². The van der Waals surface area contributed by atoms with Crippen LogP contribution in [0.5, 0.6) is 0 Å². The first-order valence-corrected chi connectivity index (χ1v) is 11.0. The molecule has 1 aromatic heterocycles. The molecule has 0 fully saturated rings. The van der Waals surface area contributed by atoms with Gasteiger partial charge in [-0.05, 0) is 53.5 Å². The van der Waals surface area contributed by atoms with Gasteiger partial charge in [0.25, 0.3) is 0 Å². The predicted molar refractivity (Wildman–Crippen MR) is 130 cm³/mol. The number of rotatable bonds is 6. The minimum Gasteiger partial charge on any atom is -0.465 e. The predicted octanol–water partition coefficient (Wildman–Crippen LogP) is 5.56. The molecule has 1 unspecified atom stereocenters. The fourth-order valence-corrected chi connectivity index (χ4v) is 4.33. The molecule has 2 heterocycles. The Morgan fingerprint density at radius 1 is 1.12 bits per heavy atom. The summed E-state index contributed by atoms with van der Waals surface area (Å²) in [6.45, 7) is 0.887. The summed E-state index contributed by atoms with van der Waals surface area (Å²) in [7, 11) is 1.40. The van der Waals surface area contributed by atoms with Crippen molar-refractivity contribution in [3.8, 4) is 11.1 Å². The Morgan fingerprint density at radius 3 is 2.79 bits per heavy atom. The molecule has 1 aliphatic carbocycles. The average molecular weight is 436 g/mol. The zero-order valence-corrected chi connectivity index (χ0v) is 18.4. The number of hydrogen-bond donors (Lipinski definition) is 1. The van der Waals surface area contributed by atoms with E-state index in [0.29, 0.717) is 11.6 Å². The van der Waals surface area contributed by atoms with E-state index in [1.54, 1.807) is 12.4 Å². The van der Waals surface area contributed by atoms with Gasteiger partial charge in [-0.25, -0.2) is 4.79 Å². The fraction of sp³-hybridized carbons (Fsp3) is 0.143. The first-order chi connectivity index (χ1) is 16.2. The van der Waals surface area contributed by atoms with Gasteiger partial charge in [-0.2, -0.15) is 0 Å². The quantitative estimate of drug-likeness (QED) is 0.514. The Balaban J connectivity index is 1.35. The maximum Gasteiger partial charge on any atom is 0.339 e. The van der Waals surface area contributed by atoms with E-state index in [4.69, 9.17) is 4.74 Å². The number of fused-ring (bicyclic) bond motifs is 1. The molecule has 1 aliphatic heterocycles. The number of esters is 1. The third kappa shape index (κ3) is 4.44. The molecule has 0 saturated carbocycles. The average Bonchev–Trinajstić information content (AvgIpc) is 3.26. The smallest absolute Gasteiger partial charge is 0.339 e. The number of carbonyl (C=O) groups excluding carboxylic acids is 1. The molecule has 5 heteroatoms. The van der Waals surface area contributed by atoms with Crippen molar-refractivity contribution in [3.05, 3.63) is 120 Å². The van der Waals surface area contributed by atoms with Gasteiger partial charge in [0, 0.05) is 36.4 Å². The van der Waals surface area contributed by atoms with Crippen LogP contribution in [0.15, 0.2) is 109 Å². The van der Waals surface area contributed by atoms with Crippen molar-refractivity contribution in [1.82, 2.24) is 9.88 Å². The molecule has 1 N–H and O–H groups in total. The summed E-state index contributed by atoms with van der Waals surface area (Å²) in [5.74, 6) is -0.375. The normalized spacial score (nSPS) is 16.6. The molecule has 0 saturated heterocycles. The van der Waals surface area contributed by atoms with Crippen LogP contribution in [0.25, 0.3) is 11.1 Å². The second-order valence-corrected chi connectivity index (χ2v) is 8.15. The zero-order valence-electron chi connectivity index (χ0n) is 18.4. The summed E-state index contributed by atoms with van der Waals surface area (Å²) < 4.78 is 5.05. The maximum absolute atomic E-state index is 12.5. The van der Waals surface area contributed by atoms with Crippen LogP contribution in [0.2, 0.25) is 0 Å². The Bertz CT molecular complexity index is 1250. The minimum atomic E-state index is -0.375. The lowest BCUT2D eigenvalue weighted by Crippen LogP contribution is -2.29. The molecule has 0 spiro atoms. The molecule has 33 heavy (non-hydrogen) atoms. The van der Waals surface area contributed by atoms with Gasteiger partial charge in [-0.1, -0.05) is 48.5 Å². The van der Waals surface area contributed by atoms with E-state index in [1.807, 2.05) is 36.4 Å². The molecule has 1 atom stereocenters. The van der Waals surface area contributed by atoms with E-state index < -0.39 is 0 Å². The lowest BCUT2D eigenvalue weighted by molar-refractivity contribution is 0.0602. The third-order valence-electron chi connectivity index (χ3n) is 6.03. The summed E-state index contributed by atoms with van der Waals surface area (Å²) in [5.41, 5.74) is 6.63. The number of methoxy groups -OCH3 is 1. The van der Waals surface area contributed by atoms with Crippen LogP contribution in [0.3, 0.4) is 0 Å². The van der Waals surface area contributed by atoms with Crippen molar-refractivity contribution in [3.63, 3.8) is 0 Å². The number of hydrogen-bond acceptors (Lipinski definition) is 5. The molecular formula is C28H25N3O2. The van der Waals surface area contributed by atoms with E-state index >= 15 is 0 Å². The van der Waals surface area contributed by atoms with E-state index in [-0.39, 0.29) is 5.97 Å². The summed E-state index contributed by atoms with van der Waals surface area (Å²) >= 11 is 0. The van der Waals surface area contributed by atoms with Gasteiger partial charge in [-0.15, -0.1) is 0 Å². The number of pyridine rings is 1. The van der Waals surface area contributed by atoms with Crippen molar-refractivity contribution in [2.75, 3.05) is 12.4 Å². The van der Waals surface area contributed by atoms with E-state index in [0.717, 1.165) is 35.5 Å². The highest BCUT2D eigenvalue weighted by Crippen LogP contribution is 2.32. The largest absolute Gasteiger partial charge is 0.465 e. The molecule has 0 amide bonds. The van der Waals surface area contributed by atoms with E-state index in [1.165, 1.54) is 18.2 Å². The highest BCUT2D eigenvalue weighted by Gasteiger charge is 2.26. The highest BCUT2D eigenvalue weighted by atomic mass is 16.5. The molecule has 2 aliphatic rings. The van der Waals surface area contributed by atoms with Crippen LogP contribution in [0.4, 0.5) is 5.69 Å². The number of nitrogens with one attached hydrogen (secondary N) is 1. The molecule has 164 valence electrons. The summed E-state index contributed by atoms with van der Waals surface area (Å²) in [5, 5.41) is 3.44. The van der Waals surface area contributed by atoms with E-state index in [9.17, 15) is 4.79 Å². The first-order valence-electron chi connectivity index (χ1n) is 11.0. The van der Waals surface area contributed by atoms with Crippen LogP contribution in [0, 0.1) is 0 Å². The molecule has 3 aromatic rings. The number of anilines is 1. The summed E-state index contributed by atoms with van der Waals surface area (Å²) in [6, 6.07) is 20.5. The van der Waals surface area contributed by atoms with Gasteiger partial charge >= 0.3 is 5.97 Å². The number of nitrogens with zero attached hydrogens (tertiary/aromatic N) is 2. The standard InChI is InChI=1S/C28H25N3O2/c1-33-28(32)25-17-21(23-8-5-14-29-18-23)9-11-26(25)30-24-10-12-27-22(16-24)13-15-31(27)19-20-6-3-2-4-7-20/h2-11,13-18,27,30H,12,19H2,1H3. The van der Waals surface area contributed by atoms with Crippen molar-refractivity contribution in [2.24, 2.45) is 0 Å². The zero-order chi connectivity index (χ0) is 22.6. The lowest BCUT2D eigenvalue weighted by atomic mass is 9.97. The van der Waals surface area contributed by atoms with Crippen LogP contribution < -0.4 is 5.32 Å². The molecular weight excluding hydrogens is 410 g/mol. The molecule has 2 aromatic carbocycles. The lowest BCUT2D eigenvalue weighted by Gasteiger charge is -2.28. The van der Waals surface area contributed by atoms with Crippen LogP contribution in [0.1, 0.15) is 22.3 Å². The van der Waals surface area contributed by atoms with Gasteiger partial charge in [0.15, 0.2) is 0 Å². The number of benzene rings is 2. The Labute approximate surface area is 193 Å². The Kier molecular flexibility index (Phi) is 5.77. The number of carbonyl (C=O) groups is 1. The van der Waals surface area contributed by atoms with Crippen molar-refractivity contribution in [1.29, 1.82) is 0 Å². The molecule has 0 radical (unpaired) electrons. The van der Waals surface area contributed by atoms with Crippen molar-refractivity contribution < 1.29 is 9.53 Å². The number of aromatic nitrogens is 1. The van der Waals surface area contributed by atoms with Crippen LogP contribution in [-0.4, -0.2) is 29.0 Å². The van der Waals surface area contributed by atoms with Gasteiger partial charge in [0.05, 0.1) is 24.4 Å². The van der Waals surface area contributed by atoms with Gasteiger partial charge in [0.2, 0.25) is 0 Å². The molecule has 0 bridgehead atoms. The van der Waals surface area contributed by atoms with Crippen LogP contribution >= 0.6 is 0 Å². The first kappa shape index (κ1) is 20.8. The van der Waals surface area contributed by atoms with Gasteiger partial charge < -0.3 is 15.0 Å². The topological polar surface area (TPSA) is 54.5 Å². The van der Waals surface area contributed by atoms with Crippen molar-refractivity contribution >= 4 is 11.7 Å². The second kappa shape index (κ2) is 9.17.